The molecule has 0 bridgehead atoms. The Hall–Kier alpha value is -2.90. The number of benzene rings is 1. The number of carbonyl (C=O) groups is 1. The van der Waals surface area contributed by atoms with Crippen LogP contribution in [0, 0.1) is 6.92 Å². The number of H-pyrrole nitrogens is 2. The normalized spacial score (nSPS) is 14.5. The van der Waals surface area contributed by atoms with Gasteiger partial charge in [-0.1, -0.05) is 13.8 Å². The van der Waals surface area contributed by atoms with E-state index in [4.69, 9.17) is 4.98 Å². The third-order valence-electron chi connectivity index (χ3n) is 5.92. The molecule has 2 N–H and O–H groups in total. The van der Waals surface area contributed by atoms with Crippen molar-refractivity contribution in [3.63, 3.8) is 0 Å². The fraction of sp³-hybridized carbons (Fsp3) is 0.360. The van der Waals surface area contributed by atoms with Crippen LogP contribution in [0.15, 0.2) is 35.0 Å². The summed E-state index contributed by atoms with van der Waals surface area (Å²) in [5.74, 6) is 0.821. The number of fused-ring (bicyclic) bond motifs is 1. The van der Waals surface area contributed by atoms with Crippen molar-refractivity contribution in [2.75, 3.05) is 38.1 Å². The molecule has 0 spiro atoms. The highest BCUT2D eigenvalue weighted by Gasteiger charge is 2.23. The van der Waals surface area contributed by atoms with Gasteiger partial charge < -0.3 is 19.8 Å². The highest BCUT2D eigenvalue weighted by molar-refractivity contribution is 7.08. The number of Topliss-reactive ketones (excluding diaryl/α,β-unsaturated/α-hetero) is 1. The van der Waals surface area contributed by atoms with Gasteiger partial charge in [0.1, 0.15) is 0 Å². The minimum Gasteiger partial charge on any atom is -0.369 e. The smallest absolute Gasteiger partial charge is 0.162 e. The van der Waals surface area contributed by atoms with Gasteiger partial charge >= 0.3 is 0 Å². The third-order valence-corrected chi connectivity index (χ3v) is 6.60. The minimum atomic E-state index is 0.0599. The molecule has 4 heterocycles. The van der Waals surface area contributed by atoms with Crippen LogP contribution in [0.1, 0.15) is 36.8 Å². The van der Waals surface area contributed by atoms with Gasteiger partial charge in [0.25, 0.3) is 0 Å². The van der Waals surface area contributed by atoms with E-state index in [1.165, 1.54) is 5.69 Å². The maximum Gasteiger partial charge on any atom is 0.162 e. The van der Waals surface area contributed by atoms with E-state index in [-0.39, 0.29) is 5.78 Å². The molecular weight excluding hydrogens is 418 g/mol. The van der Waals surface area contributed by atoms with Crippen LogP contribution in [0.2, 0.25) is 0 Å². The zero-order valence-electron chi connectivity index (χ0n) is 19.5. The van der Waals surface area contributed by atoms with Crippen LogP contribution in [0.5, 0.6) is 0 Å². The van der Waals surface area contributed by atoms with Gasteiger partial charge in [0.15, 0.2) is 11.6 Å². The summed E-state index contributed by atoms with van der Waals surface area (Å²) in [6.07, 6.45) is 0. The number of hydrogen-bond acceptors (Lipinski definition) is 5. The predicted octanol–water partition coefficient (Wildman–Crippen LogP) is 5.58. The van der Waals surface area contributed by atoms with Crippen molar-refractivity contribution >= 4 is 33.8 Å². The zero-order valence-corrected chi connectivity index (χ0v) is 20.3. The lowest BCUT2D eigenvalue weighted by Gasteiger charge is -2.34. The van der Waals surface area contributed by atoms with E-state index >= 15 is 0 Å². The first-order valence-electron chi connectivity index (χ1n) is 11.2. The number of nitrogens with one attached hydrogen (secondary N) is 2. The van der Waals surface area contributed by atoms with E-state index in [0.29, 0.717) is 0 Å². The predicted molar refractivity (Wildman–Crippen MR) is 135 cm³/mol. The first kappa shape index (κ1) is 22.3. The average Bonchev–Trinajstić information content (AvgIpc) is 3.53. The molecule has 5 rings (SSSR count). The summed E-state index contributed by atoms with van der Waals surface area (Å²) in [5.41, 5.74) is 7.61. The van der Waals surface area contributed by atoms with Crippen molar-refractivity contribution < 1.29 is 4.79 Å². The number of aryl methyl sites for hydroxylation is 1. The molecule has 7 heteroatoms. The molecule has 0 saturated carbocycles. The van der Waals surface area contributed by atoms with Crippen LogP contribution in [0.3, 0.4) is 0 Å². The summed E-state index contributed by atoms with van der Waals surface area (Å²) < 4.78 is 0. The molecule has 6 nitrogen and oxygen atoms in total. The van der Waals surface area contributed by atoms with Crippen LogP contribution in [0.4, 0.5) is 5.69 Å². The molecular formula is C25H31N5OS. The van der Waals surface area contributed by atoms with Gasteiger partial charge in [-0.25, -0.2) is 4.98 Å². The van der Waals surface area contributed by atoms with E-state index in [0.717, 1.165) is 71.1 Å². The van der Waals surface area contributed by atoms with Crippen LogP contribution in [-0.4, -0.2) is 58.9 Å². The summed E-state index contributed by atoms with van der Waals surface area (Å²) in [6.45, 7) is 11.8. The summed E-state index contributed by atoms with van der Waals surface area (Å²) in [7, 11) is 2.17. The number of rotatable bonds is 4. The molecule has 0 aliphatic carbocycles. The number of anilines is 1. The second-order valence-corrected chi connectivity index (χ2v) is 8.80. The van der Waals surface area contributed by atoms with Gasteiger partial charge in [0, 0.05) is 48.7 Å². The molecule has 1 fully saturated rings. The molecule has 1 aliphatic heterocycles. The van der Waals surface area contributed by atoms with E-state index in [2.05, 4.69) is 56.5 Å². The van der Waals surface area contributed by atoms with Gasteiger partial charge in [-0.2, -0.15) is 11.3 Å². The molecule has 0 amide bonds. The van der Waals surface area contributed by atoms with Crippen LogP contribution in [-0.2, 0) is 0 Å². The van der Waals surface area contributed by atoms with Crippen molar-refractivity contribution in [3.05, 3.63) is 46.3 Å². The van der Waals surface area contributed by atoms with Crippen LogP contribution < -0.4 is 4.90 Å². The Morgan fingerprint density at radius 1 is 1.09 bits per heavy atom. The molecule has 168 valence electrons. The van der Waals surface area contributed by atoms with E-state index in [9.17, 15) is 4.79 Å². The fourth-order valence-corrected chi connectivity index (χ4v) is 4.96. The third kappa shape index (κ3) is 4.10. The average molecular weight is 450 g/mol. The van der Waals surface area contributed by atoms with Crippen LogP contribution >= 0.6 is 11.3 Å². The summed E-state index contributed by atoms with van der Waals surface area (Å²) >= 11 is 1.63. The lowest BCUT2D eigenvalue weighted by molar-refractivity contribution is 0.101. The highest BCUT2D eigenvalue weighted by atomic mass is 32.1. The zero-order chi connectivity index (χ0) is 22.8. The SMILES string of the molecule is CC.CC(=O)c1c(C)[nH]c(-c2nc3ccc(N4CCN(C)CC4)cc3[nH]2)c1-c1ccsc1. The Bertz CT molecular complexity index is 1210. The second kappa shape index (κ2) is 9.30. The molecule has 0 radical (unpaired) electrons. The number of imidazole rings is 1. The molecule has 3 aromatic heterocycles. The largest absolute Gasteiger partial charge is 0.369 e. The maximum absolute atomic E-state index is 12.4. The monoisotopic (exact) mass is 449 g/mol. The van der Waals surface area contributed by atoms with Gasteiger partial charge in [-0.3, -0.25) is 4.79 Å². The Labute approximate surface area is 193 Å². The van der Waals surface area contributed by atoms with Gasteiger partial charge in [0.2, 0.25) is 0 Å². The standard InChI is InChI=1S/C23H25N5OS.C2H6/c1-14-20(15(2)29)21(16-6-11-30-13-16)22(24-14)23-25-18-5-4-17(12-19(18)26-23)28-9-7-27(3)8-10-28;1-2/h4-6,11-13,24H,7-10H2,1-3H3,(H,25,26);1-2H3. The Balaban J connectivity index is 0.00000119. The maximum atomic E-state index is 12.4. The number of carbonyl (C=O) groups excluding carboxylic acids is 1. The number of thiophene rings is 1. The van der Waals surface area contributed by atoms with E-state index in [1.807, 2.05) is 26.2 Å². The van der Waals surface area contributed by atoms with Crippen LogP contribution in [0.25, 0.3) is 33.7 Å². The number of likely N-dealkylation sites (N-methyl/N-ethyl adjacent to an activating group) is 1. The molecule has 1 aromatic carbocycles. The highest BCUT2D eigenvalue weighted by Crippen LogP contribution is 2.37. The summed E-state index contributed by atoms with van der Waals surface area (Å²) in [5, 5.41) is 4.11. The topological polar surface area (TPSA) is 68.0 Å². The number of ketones is 1. The minimum absolute atomic E-state index is 0.0599. The molecule has 0 atom stereocenters. The van der Waals surface area contributed by atoms with Crippen molar-refractivity contribution in [2.45, 2.75) is 27.7 Å². The summed E-state index contributed by atoms with van der Waals surface area (Å²) in [6, 6.07) is 8.47. The van der Waals surface area contributed by atoms with Gasteiger partial charge in [-0.15, -0.1) is 0 Å². The fourth-order valence-electron chi connectivity index (χ4n) is 4.32. The Morgan fingerprint density at radius 2 is 1.84 bits per heavy atom. The quantitative estimate of drug-likeness (QED) is 0.399. The number of aromatic nitrogens is 3. The first-order valence-corrected chi connectivity index (χ1v) is 12.2. The molecule has 1 aliphatic rings. The molecule has 1 saturated heterocycles. The number of hydrogen-bond donors (Lipinski definition) is 2. The first-order chi connectivity index (χ1) is 15.5. The Kier molecular flexibility index (Phi) is 6.48. The number of aromatic amines is 2. The van der Waals surface area contributed by atoms with Crippen molar-refractivity contribution in [1.82, 2.24) is 19.9 Å². The van der Waals surface area contributed by atoms with Crippen molar-refractivity contribution in [3.8, 4) is 22.6 Å². The molecule has 4 aromatic rings. The van der Waals surface area contributed by atoms with Crippen molar-refractivity contribution in [1.29, 1.82) is 0 Å². The lowest BCUT2D eigenvalue weighted by atomic mass is 10.00. The number of piperazine rings is 1. The number of nitrogens with zero attached hydrogens (tertiary/aromatic N) is 3. The molecule has 32 heavy (non-hydrogen) atoms. The van der Waals surface area contributed by atoms with Gasteiger partial charge in [-0.05, 0) is 61.5 Å². The lowest BCUT2D eigenvalue weighted by Crippen LogP contribution is -2.44. The Morgan fingerprint density at radius 3 is 2.50 bits per heavy atom. The van der Waals surface area contributed by atoms with E-state index < -0.39 is 0 Å². The van der Waals surface area contributed by atoms with Gasteiger partial charge in [0.05, 0.1) is 16.7 Å². The second-order valence-electron chi connectivity index (χ2n) is 8.02. The summed E-state index contributed by atoms with van der Waals surface area (Å²) in [4.78, 5) is 28.9. The molecule has 0 unspecified atom stereocenters. The van der Waals surface area contributed by atoms with Crippen molar-refractivity contribution in [2.24, 2.45) is 0 Å². The van der Waals surface area contributed by atoms with E-state index in [1.54, 1.807) is 18.3 Å².